The molecule has 39 heavy (non-hydrogen) atoms. The molecule has 0 aliphatic carbocycles. The molecule has 1 fully saturated rings. The molecule has 1 aliphatic heterocycles. The Bertz CT molecular complexity index is 1260. The van der Waals surface area contributed by atoms with Gasteiger partial charge in [0, 0.05) is 21.4 Å². The van der Waals surface area contributed by atoms with E-state index in [2.05, 4.69) is 10.1 Å². The second kappa shape index (κ2) is 13.5. The second-order valence-corrected chi connectivity index (χ2v) is 10.6. The minimum absolute atomic E-state index is 0.301. The van der Waals surface area contributed by atoms with Crippen LogP contribution in [-0.4, -0.2) is 65.3 Å². The lowest BCUT2D eigenvalue weighted by atomic mass is 9.90. The van der Waals surface area contributed by atoms with Crippen LogP contribution in [0.25, 0.3) is 0 Å². The van der Waals surface area contributed by atoms with Crippen molar-refractivity contribution in [3.63, 3.8) is 0 Å². The van der Waals surface area contributed by atoms with Crippen LogP contribution in [0.1, 0.15) is 29.7 Å². The van der Waals surface area contributed by atoms with E-state index in [0.717, 1.165) is 21.8 Å². The number of nitrogens with one attached hydrogen (secondary N) is 1. The zero-order valence-electron chi connectivity index (χ0n) is 21.6. The van der Waals surface area contributed by atoms with Crippen LogP contribution >= 0.6 is 23.4 Å². The van der Waals surface area contributed by atoms with Gasteiger partial charge in [-0.1, -0.05) is 41.9 Å². The number of benzene rings is 3. The number of carbonyl (C=O) groups is 1. The lowest BCUT2D eigenvalue weighted by Crippen LogP contribution is -2.54. The number of carbonyl (C=O) groups excluding carboxylic acids is 1. The molecule has 1 aliphatic rings. The number of hydrogen-bond donors (Lipinski definition) is 4. The fraction of sp³-hybridized carbons (Fsp3) is 0.345. The SMILES string of the molecule is CCOc1ccc(Cc2cc(C3OC(CSc4cccc(NC(=O)OC)c4)C(O)C(O)C3O)ccc2Cl)cc1. The Labute approximate surface area is 236 Å². The Morgan fingerprint density at radius 1 is 1.03 bits per heavy atom. The quantitative estimate of drug-likeness (QED) is 0.269. The lowest BCUT2D eigenvalue weighted by molar-refractivity contribution is -0.218. The first-order valence-electron chi connectivity index (χ1n) is 12.6. The molecule has 4 rings (SSSR count). The van der Waals surface area contributed by atoms with Gasteiger partial charge in [-0.05, 0) is 66.4 Å². The van der Waals surface area contributed by atoms with Gasteiger partial charge in [-0.2, -0.15) is 0 Å². The Balaban J connectivity index is 1.47. The molecule has 5 atom stereocenters. The van der Waals surface area contributed by atoms with Crippen molar-refractivity contribution in [3.05, 3.63) is 88.4 Å². The summed E-state index contributed by atoms with van der Waals surface area (Å²) in [5.74, 6) is 1.10. The maximum Gasteiger partial charge on any atom is 0.411 e. The van der Waals surface area contributed by atoms with Crippen molar-refractivity contribution in [3.8, 4) is 5.75 Å². The third-order valence-corrected chi connectivity index (χ3v) is 7.87. The van der Waals surface area contributed by atoms with Gasteiger partial charge in [0.2, 0.25) is 0 Å². The van der Waals surface area contributed by atoms with Crippen LogP contribution in [0.15, 0.2) is 71.6 Å². The molecule has 0 saturated carbocycles. The maximum absolute atomic E-state index is 11.5. The predicted molar refractivity (Wildman–Crippen MR) is 151 cm³/mol. The molecule has 0 aromatic heterocycles. The number of halogens is 1. The zero-order chi connectivity index (χ0) is 27.9. The van der Waals surface area contributed by atoms with E-state index in [1.807, 2.05) is 43.3 Å². The van der Waals surface area contributed by atoms with E-state index in [1.54, 1.807) is 30.3 Å². The van der Waals surface area contributed by atoms with Crippen LogP contribution in [0, 0.1) is 0 Å². The third-order valence-electron chi connectivity index (χ3n) is 6.42. The molecular formula is C29H32ClNO7S. The highest BCUT2D eigenvalue weighted by Crippen LogP contribution is 2.36. The maximum atomic E-state index is 11.5. The molecule has 0 radical (unpaired) electrons. The Morgan fingerprint density at radius 2 is 1.79 bits per heavy atom. The monoisotopic (exact) mass is 573 g/mol. The van der Waals surface area contributed by atoms with E-state index < -0.39 is 36.6 Å². The van der Waals surface area contributed by atoms with Crippen LogP contribution in [0.5, 0.6) is 5.75 Å². The van der Waals surface area contributed by atoms with Gasteiger partial charge >= 0.3 is 6.09 Å². The van der Waals surface area contributed by atoms with E-state index in [-0.39, 0.29) is 0 Å². The van der Waals surface area contributed by atoms with Crippen LogP contribution in [-0.2, 0) is 15.9 Å². The van der Waals surface area contributed by atoms with Crippen molar-refractivity contribution in [1.82, 2.24) is 0 Å². The topological polar surface area (TPSA) is 117 Å². The summed E-state index contributed by atoms with van der Waals surface area (Å²) in [6, 6.07) is 20.3. The van der Waals surface area contributed by atoms with Crippen LogP contribution in [0.2, 0.25) is 5.02 Å². The first-order valence-corrected chi connectivity index (χ1v) is 13.9. The lowest BCUT2D eigenvalue weighted by Gasteiger charge is -2.41. The number of ether oxygens (including phenoxy) is 3. The van der Waals surface area contributed by atoms with Crippen molar-refractivity contribution >= 4 is 35.1 Å². The molecular weight excluding hydrogens is 542 g/mol. The fourth-order valence-corrected chi connectivity index (χ4v) is 5.57. The van der Waals surface area contributed by atoms with Crippen LogP contribution < -0.4 is 10.1 Å². The molecule has 5 unspecified atom stereocenters. The third kappa shape index (κ3) is 7.45. The van der Waals surface area contributed by atoms with Crippen LogP contribution in [0.4, 0.5) is 10.5 Å². The molecule has 0 spiro atoms. The van der Waals surface area contributed by atoms with E-state index in [0.29, 0.717) is 35.1 Å². The molecule has 1 amide bonds. The minimum Gasteiger partial charge on any atom is -0.494 e. The van der Waals surface area contributed by atoms with E-state index >= 15 is 0 Å². The second-order valence-electron chi connectivity index (χ2n) is 9.13. The summed E-state index contributed by atoms with van der Waals surface area (Å²) in [5, 5.41) is 35.3. The standard InChI is InChI=1S/C29H32ClNO7S/c1-3-37-21-10-7-17(8-11-21)13-19-14-18(9-12-23(19)30)28-27(34)26(33)25(32)24(38-28)16-39-22-6-4-5-20(15-22)31-29(35)36-2/h4-12,14-15,24-28,32-34H,3,13,16H2,1-2H3,(H,31,35). The average molecular weight is 574 g/mol. The summed E-state index contributed by atoms with van der Waals surface area (Å²) in [6.45, 7) is 2.53. The number of amides is 1. The molecule has 1 heterocycles. The van der Waals surface area contributed by atoms with Crippen molar-refractivity contribution < 1.29 is 34.3 Å². The van der Waals surface area contributed by atoms with E-state index in [4.69, 9.17) is 21.1 Å². The number of hydrogen-bond acceptors (Lipinski definition) is 8. The summed E-state index contributed by atoms with van der Waals surface area (Å²) in [5.41, 5.74) is 3.09. The first kappa shape index (κ1) is 29.2. The highest BCUT2D eigenvalue weighted by atomic mass is 35.5. The Hall–Kier alpha value is -2.79. The molecule has 0 bridgehead atoms. The largest absolute Gasteiger partial charge is 0.494 e. The van der Waals surface area contributed by atoms with Gasteiger partial charge in [0.1, 0.15) is 30.2 Å². The van der Waals surface area contributed by atoms with Crippen LogP contribution in [0.3, 0.4) is 0 Å². The van der Waals surface area contributed by atoms with Crippen molar-refractivity contribution in [1.29, 1.82) is 0 Å². The molecule has 8 nitrogen and oxygen atoms in total. The van der Waals surface area contributed by atoms with Gasteiger partial charge in [-0.15, -0.1) is 11.8 Å². The highest BCUT2D eigenvalue weighted by molar-refractivity contribution is 7.99. The van der Waals surface area contributed by atoms with Gasteiger partial charge in [-0.3, -0.25) is 5.32 Å². The van der Waals surface area contributed by atoms with Gasteiger partial charge in [0.25, 0.3) is 0 Å². The molecule has 1 saturated heterocycles. The molecule has 4 N–H and O–H groups in total. The van der Waals surface area contributed by atoms with Crippen molar-refractivity contribution in [2.24, 2.45) is 0 Å². The van der Waals surface area contributed by atoms with Gasteiger partial charge in [0.05, 0.1) is 19.8 Å². The summed E-state index contributed by atoms with van der Waals surface area (Å²) < 4.78 is 16.3. The van der Waals surface area contributed by atoms with Crippen molar-refractivity contribution in [2.45, 2.75) is 48.8 Å². The Morgan fingerprint density at radius 3 is 2.51 bits per heavy atom. The Kier molecular flexibility index (Phi) is 10.1. The molecule has 208 valence electrons. The molecule has 3 aromatic rings. The summed E-state index contributed by atoms with van der Waals surface area (Å²) in [6.07, 6.45) is -5.65. The zero-order valence-corrected chi connectivity index (χ0v) is 23.2. The number of aliphatic hydroxyl groups excluding tert-OH is 3. The van der Waals surface area contributed by atoms with Gasteiger partial charge in [-0.25, -0.2) is 4.79 Å². The highest BCUT2D eigenvalue weighted by Gasteiger charge is 2.44. The number of methoxy groups -OCH3 is 1. The normalized spacial score (nSPS) is 22.8. The number of rotatable bonds is 9. The first-order chi connectivity index (χ1) is 18.8. The average Bonchev–Trinajstić information content (AvgIpc) is 2.94. The smallest absolute Gasteiger partial charge is 0.411 e. The van der Waals surface area contributed by atoms with Crippen molar-refractivity contribution in [2.75, 3.05) is 24.8 Å². The number of anilines is 1. The predicted octanol–water partition coefficient (Wildman–Crippen LogP) is 4.82. The summed E-state index contributed by atoms with van der Waals surface area (Å²) in [4.78, 5) is 12.3. The molecule has 3 aromatic carbocycles. The fourth-order valence-electron chi connectivity index (χ4n) is 4.37. The molecule has 10 heteroatoms. The van der Waals surface area contributed by atoms with Gasteiger partial charge < -0.3 is 29.5 Å². The number of aliphatic hydroxyl groups is 3. The summed E-state index contributed by atoms with van der Waals surface area (Å²) in [7, 11) is 1.29. The minimum atomic E-state index is -1.40. The summed E-state index contributed by atoms with van der Waals surface area (Å²) >= 11 is 7.89. The van der Waals surface area contributed by atoms with E-state index in [9.17, 15) is 20.1 Å². The van der Waals surface area contributed by atoms with Gasteiger partial charge in [0.15, 0.2) is 0 Å². The van der Waals surface area contributed by atoms with E-state index in [1.165, 1.54) is 18.9 Å². The number of thioether (sulfide) groups is 1.